The molecule has 25 heavy (non-hydrogen) atoms. The molecule has 3 aromatic rings. The van der Waals surface area contributed by atoms with E-state index in [-0.39, 0.29) is 18.0 Å². The first kappa shape index (κ1) is 17.0. The van der Waals surface area contributed by atoms with Crippen LogP contribution in [0.1, 0.15) is 16.8 Å². The van der Waals surface area contributed by atoms with Gasteiger partial charge in [0.05, 0.1) is 6.33 Å². The maximum atomic E-state index is 12.1. The highest BCUT2D eigenvalue weighted by Gasteiger charge is 2.08. The van der Waals surface area contributed by atoms with Crippen molar-refractivity contribution in [3.05, 3.63) is 69.5 Å². The molecule has 0 atom stereocenters. The van der Waals surface area contributed by atoms with Crippen molar-refractivity contribution in [1.29, 1.82) is 0 Å². The minimum atomic E-state index is -0.242. The molecule has 7 heteroatoms. The monoisotopic (exact) mass is 354 g/mol. The molecule has 0 unspecified atom stereocenters. The molecule has 0 fully saturated rings. The highest BCUT2D eigenvalue weighted by atomic mass is 32.1. The minimum absolute atomic E-state index is 0.0506. The van der Waals surface area contributed by atoms with Gasteiger partial charge in [0, 0.05) is 40.6 Å². The lowest BCUT2D eigenvalue weighted by Crippen LogP contribution is -2.33. The highest BCUT2D eigenvalue weighted by Crippen LogP contribution is 2.24. The molecule has 1 N–H and O–H groups in total. The summed E-state index contributed by atoms with van der Waals surface area (Å²) in [7, 11) is 0. The Hall–Kier alpha value is -2.80. The van der Waals surface area contributed by atoms with Gasteiger partial charge in [-0.3, -0.25) is 19.1 Å². The van der Waals surface area contributed by atoms with Crippen molar-refractivity contribution in [2.24, 2.45) is 0 Å². The maximum absolute atomic E-state index is 12.1. The molecule has 1 amide bonds. The van der Waals surface area contributed by atoms with Gasteiger partial charge in [0.15, 0.2) is 0 Å². The van der Waals surface area contributed by atoms with Gasteiger partial charge in [0.2, 0.25) is 5.91 Å². The standard InChI is InChI=1S/C18H18N4O2S/c1-12-13(2)21-11-22(18(12)24)10-17(23)20-8-14-6-15(9-19-7-14)16-4-3-5-25-16/h3-7,9,11H,8,10H2,1-2H3,(H,20,23). The summed E-state index contributed by atoms with van der Waals surface area (Å²) in [5.74, 6) is -0.242. The number of carbonyl (C=O) groups is 1. The topological polar surface area (TPSA) is 76.9 Å². The molecule has 0 aliphatic carbocycles. The number of hydrogen-bond acceptors (Lipinski definition) is 5. The Balaban J connectivity index is 1.64. The Morgan fingerprint density at radius 3 is 2.92 bits per heavy atom. The molecule has 3 rings (SSSR count). The van der Waals surface area contributed by atoms with Crippen LogP contribution in [0.15, 0.2) is 47.1 Å². The predicted molar refractivity (Wildman–Crippen MR) is 97.4 cm³/mol. The van der Waals surface area contributed by atoms with E-state index in [0.29, 0.717) is 17.8 Å². The molecule has 0 aliphatic rings. The van der Waals surface area contributed by atoms with Gasteiger partial charge in [-0.05, 0) is 36.9 Å². The number of nitrogens with zero attached hydrogens (tertiary/aromatic N) is 3. The number of thiophene rings is 1. The molecule has 3 aromatic heterocycles. The Morgan fingerprint density at radius 2 is 2.16 bits per heavy atom. The van der Waals surface area contributed by atoms with E-state index >= 15 is 0 Å². The summed E-state index contributed by atoms with van der Waals surface area (Å²) in [6, 6.07) is 6.02. The van der Waals surface area contributed by atoms with Gasteiger partial charge in [-0.2, -0.15) is 0 Å². The summed E-state index contributed by atoms with van der Waals surface area (Å²) in [6.45, 7) is 3.79. The van der Waals surface area contributed by atoms with E-state index in [1.807, 2.05) is 23.6 Å². The maximum Gasteiger partial charge on any atom is 0.256 e. The second-order valence-corrected chi connectivity index (χ2v) is 6.67. The molecule has 0 saturated carbocycles. The van der Waals surface area contributed by atoms with Crippen molar-refractivity contribution >= 4 is 17.2 Å². The lowest BCUT2D eigenvalue weighted by atomic mass is 10.2. The Kier molecular flexibility index (Phi) is 5.04. The molecule has 6 nitrogen and oxygen atoms in total. The van der Waals surface area contributed by atoms with Gasteiger partial charge in [-0.1, -0.05) is 6.07 Å². The van der Waals surface area contributed by atoms with Crippen LogP contribution in [-0.2, 0) is 17.9 Å². The number of pyridine rings is 1. The normalized spacial score (nSPS) is 10.6. The zero-order valence-corrected chi connectivity index (χ0v) is 14.8. The third-order valence-corrected chi connectivity index (χ3v) is 4.84. The first-order valence-electron chi connectivity index (χ1n) is 7.82. The number of hydrogen-bond donors (Lipinski definition) is 1. The second kappa shape index (κ2) is 7.40. The Bertz CT molecular complexity index is 948. The van der Waals surface area contributed by atoms with Crippen molar-refractivity contribution in [2.75, 3.05) is 0 Å². The summed E-state index contributed by atoms with van der Waals surface area (Å²) in [6.07, 6.45) is 4.93. The quantitative estimate of drug-likeness (QED) is 0.763. The molecule has 128 valence electrons. The number of rotatable bonds is 5. The highest BCUT2D eigenvalue weighted by molar-refractivity contribution is 7.13. The smallest absolute Gasteiger partial charge is 0.256 e. The van der Waals surface area contributed by atoms with Crippen LogP contribution in [0.25, 0.3) is 10.4 Å². The average molecular weight is 354 g/mol. The first-order valence-corrected chi connectivity index (χ1v) is 8.69. The third kappa shape index (κ3) is 4.00. The third-order valence-electron chi connectivity index (χ3n) is 3.92. The number of nitrogens with one attached hydrogen (secondary N) is 1. The van der Waals surface area contributed by atoms with Crippen molar-refractivity contribution in [2.45, 2.75) is 26.9 Å². The summed E-state index contributed by atoms with van der Waals surface area (Å²) >= 11 is 1.64. The SMILES string of the molecule is Cc1ncn(CC(=O)NCc2cncc(-c3cccs3)c2)c(=O)c1C. The van der Waals surface area contributed by atoms with Crippen LogP contribution < -0.4 is 10.9 Å². The zero-order valence-electron chi connectivity index (χ0n) is 14.0. The van der Waals surface area contributed by atoms with Crippen LogP contribution in [0.4, 0.5) is 0 Å². The minimum Gasteiger partial charge on any atom is -0.350 e. The molecule has 0 aliphatic heterocycles. The van der Waals surface area contributed by atoms with E-state index in [2.05, 4.69) is 15.3 Å². The number of aromatic nitrogens is 3. The van der Waals surface area contributed by atoms with Gasteiger partial charge in [0.25, 0.3) is 5.56 Å². The van der Waals surface area contributed by atoms with Gasteiger partial charge in [0.1, 0.15) is 6.54 Å². The summed E-state index contributed by atoms with van der Waals surface area (Å²) < 4.78 is 1.32. The van der Waals surface area contributed by atoms with Crippen molar-refractivity contribution in [3.8, 4) is 10.4 Å². The van der Waals surface area contributed by atoms with E-state index in [0.717, 1.165) is 16.0 Å². The van der Waals surface area contributed by atoms with Crippen molar-refractivity contribution in [3.63, 3.8) is 0 Å². The van der Waals surface area contributed by atoms with Crippen LogP contribution in [0.2, 0.25) is 0 Å². The molecular formula is C18H18N4O2S. The van der Waals surface area contributed by atoms with E-state index in [9.17, 15) is 9.59 Å². The van der Waals surface area contributed by atoms with E-state index in [4.69, 9.17) is 0 Å². The molecule has 0 spiro atoms. The van der Waals surface area contributed by atoms with E-state index < -0.39 is 0 Å². The van der Waals surface area contributed by atoms with E-state index in [1.165, 1.54) is 10.9 Å². The van der Waals surface area contributed by atoms with Crippen LogP contribution in [0.5, 0.6) is 0 Å². The lowest BCUT2D eigenvalue weighted by molar-refractivity contribution is -0.121. The number of carbonyl (C=O) groups excluding carboxylic acids is 1. The van der Waals surface area contributed by atoms with E-state index in [1.54, 1.807) is 37.6 Å². The van der Waals surface area contributed by atoms with Crippen molar-refractivity contribution in [1.82, 2.24) is 19.9 Å². The van der Waals surface area contributed by atoms with Crippen LogP contribution >= 0.6 is 11.3 Å². The van der Waals surface area contributed by atoms with Crippen molar-refractivity contribution < 1.29 is 4.79 Å². The predicted octanol–water partition coefficient (Wildman–Crippen LogP) is 2.30. The zero-order chi connectivity index (χ0) is 17.8. The molecular weight excluding hydrogens is 336 g/mol. The Morgan fingerprint density at radius 1 is 1.32 bits per heavy atom. The van der Waals surface area contributed by atoms with Crippen LogP contribution in [0, 0.1) is 13.8 Å². The second-order valence-electron chi connectivity index (χ2n) is 5.72. The fourth-order valence-corrected chi connectivity index (χ4v) is 3.07. The average Bonchev–Trinajstić information content (AvgIpc) is 3.15. The number of amides is 1. The largest absolute Gasteiger partial charge is 0.350 e. The van der Waals surface area contributed by atoms with Crippen LogP contribution in [0.3, 0.4) is 0 Å². The molecule has 0 aromatic carbocycles. The molecule has 0 bridgehead atoms. The summed E-state index contributed by atoms with van der Waals surface area (Å²) in [4.78, 5) is 33.7. The molecule has 3 heterocycles. The van der Waals surface area contributed by atoms with Gasteiger partial charge < -0.3 is 5.32 Å². The van der Waals surface area contributed by atoms with Gasteiger partial charge >= 0.3 is 0 Å². The summed E-state index contributed by atoms with van der Waals surface area (Å²) in [5, 5.41) is 4.83. The van der Waals surface area contributed by atoms with Gasteiger partial charge in [-0.25, -0.2) is 4.98 Å². The number of aryl methyl sites for hydroxylation is 1. The molecule has 0 radical (unpaired) electrons. The fraction of sp³-hybridized carbons (Fsp3) is 0.222. The summed E-state index contributed by atoms with van der Waals surface area (Å²) in [5.41, 5.74) is 2.98. The Labute approximate surface area is 149 Å². The van der Waals surface area contributed by atoms with Gasteiger partial charge in [-0.15, -0.1) is 11.3 Å². The lowest BCUT2D eigenvalue weighted by Gasteiger charge is -2.09. The van der Waals surface area contributed by atoms with Crippen LogP contribution in [-0.4, -0.2) is 20.4 Å². The molecule has 0 saturated heterocycles. The first-order chi connectivity index (χ1) is 12.0. The fourth-order valence-electron chi connectivity index (χ4n) is 2.36.